The molecule has 0 fully saturated rings. The molecule has 0 heterocycles. The van der Waals surface area contributed by atoms with Crippen LogP contribution in [0.15, 0.2) is 29.2 Å². The molecule has 4 nitrogen and oxygen atoms in total. The third kappa shape index (κ3) is 6.16. The Kier molecular flexibility index (Phi) is 6.84. The highest BCUT2D eigenvalue weighted by molar-refractivity contribution is 7.89. The molecule has 21 heavy (non-hydrogen) atoms. The summed E-state index contributed by atoms with van der Waals surface area (Å²) in [4.78, 5) is 0.287. The van der Waals surface area contributed by atoms with Gasteiger partial charge >= 0.3 is 0 Å². The Morgan fingerprint density at radius 2 is 1.95 bits per heavy atom. The van der Waals surface area contributed by atoms with Crippen molar-refractivity contribution in [2.24, 2.45) is 11.1 Å². The lowest BCUT2D eigenvalue weighted by Crippen LogP contribution is -2.34. The largest absolute Gasteiger partial charge is 0.326 e. The van der Waals surface area contributed by atoms with Crippen LogP contribution >= 0.6 is 0 Å². The maximum atomic E-state index is 12.3. The van der Waals surface area contributed by atoms with Crippen LogP contribution in [0.5, 0.6) is 0 Å². The van der Waals surface area contributed by atoms with Gasteiger partial charge in [-0.15, -0.1) is 0 Å². The topological polar surface area (TPSA) is 72.2 Å². The fourth-order valence-corrected chi connectivity index (χ4v) is 3.47. The molecule has 5 heteroatoms. The second-order valence-corrected chi connectivity index (χ2v) is 8.06. The van der Waals surface area contributed by atoms with Gasteiger partial charge in [-0.3, -0.25) is 0 Å². The quantitative estimate of drug-likeness (QED) is 0.688. The minimum atomic E-state index is -3.46. The van der Waals surface area contributed by atoms with Gasteiger partial charge in [-0.2, -0.15) is 0 Å². The summed E-state index contributed by atoms with van der Waals surface area (Å²) in [7, 11) is -3.46. The van der Waals surface area contributed by atoms with Crippen LogP contribution in [0.4, 0.5) is 0 Å². The van der Waals surface area contributed by atoms with Crippen molar-refractivity contribution in [3.8, 4) is 0 Å². The predicted molar refractivity (Wildman–Crippen MR) is 87.4 cm³/mol. The monoisotopic (exact) mass is 312 g/mol. The molecule has 0 bridgehead atoms. The number of nitrogens with one attached hydrogen (secondary N) is 1. The van der Waals surface area contributed by atoms with E-state index in [9.17, 15) is 8.42 Å². The second-order valence-electron chi connectivity index (χ2n) is 6.30. The molecule has 0 aliphatic carbocycles. The molecule has 0 spiro atoms. The Balaban J connectivity index is 2.67. The fourth-order valence-electron chi connectivity index (χ4n) is 2.16. The highest BCUT2D eigenvalue weighted by atomic mass is 32.2. The van der Waals surface area contributed by atoms with E-state index < -0.39 is 10.0 Å². The van der Waals surface area contributed by atoms with E-state index in [-0.39, 0.29) is 10.3 Å². The minimum absolute atomic E-state index is 0.0340. The van der Waals surface area contributed by atoms with Crippen LogP contribution in [0.2, 0.25) is 0 Å². The van der Waals surface area contributed by atoms with Crippen LogP contribution in [0.3, 0.4) is 0 Å². The first-order valence-corrected chi connectivity index (χ1v) is 9.08. The third-order valence-electron chi connectivity index (χ3n) is 3.64. The Labute approximate surface area is 129 Å². The summed E-state index contributed by atoms with van der Waals surface area (Å²) in [5, 5.41) is 0. The van der Waals surface area contributed by atoms with E-state index in [4.69, 9.17) is 5.73 Å². The van der Waals surface area contributed by atoms with E-state index in [1.54, 1.807) is 18.2 Å². The molecule has 0 unspecified atom stereocenters. The summed E-state index contributed by atoms with van der Waals surface area (Å²) in [6.07, 6.45) is 4.52. The number of hydrogen-bond acceptors (Lipinski definition) is 3. The van der Waals surface area contributed by atoms with Crippen molar-refractivity contribution in [3.05, 3.63) is 29.8 Å². The van der Waals surface area contributed by atoms with Gasteiger partial charge in [0.1, 0.15) is 0 Å². The molecule has 0 aliphatic heterocycles. The first-order valence-electron chi connectivity index (χ1n) is 7.59. The molecule has 1 aromatic carbocycles. The van der Waals surface area contributed by atoms with Crippen LogP contribution in [-0.4, -0.2) is 15.0 Å². The van der Waals surface area contributed by atoms with E-state index in [1.165, 1.54) is 12.8 Å². The van der Waals surface area contributed by atoms with Gasteiger partial charge in [-0.1, -0.05) is 52.2 Å². The smallest absolute Gasteiger partial charge is 0.240 e. The van der Waals surface area contributed by atoms with Crippen molar-refractivity contribution in [2.75, 3.05) is 6.54 Å². The van der Waals surface area contributed by atoms with Gasteiger partial charge in [0.2, 0.25) is 10.0 Å². The first kappa shape index (κ1) is 18.1. The average molecular weight is 312 g/mol. The summed E-state index contributed by atoms with van der Waals surface area (Å²) in [5.74, 6) is 0. The number of rotatable bonds is 9. The SMILES string of the molecule is CCCCCC(C)(C)CNS(=O)(=O)c1cccc(CN)c1. The molecule has 0 radical (unpaired) electrons. The molecule has 3 N–H and O–H groups in total. The van der Waals surface area contributed by atoms with E-state index in [2.05, 4.69) is 25.5 Å². The average Bonchev–Trinajstić information content (AvgIpc) is 2.46. The molecule has 120 valence electrons. The lowest BCUT2D eigenvalue weighted by Gasteiger charge is -2.25. The maximum Gasteiger partial charge on any atom is 0.240 e. The Morgan fingerprint density at radius 1 is 1.24 bits per heavy atom. The van der Waals surface area contributed by atoms with Crippen molar-refractivity contribution in [1.29, 1.82) is 0 Å². The molecule has 0 atom stereocenters. The highest BCUT2D eigenvalue weighted by Gasteiger charge is 2.22. The molecular formula is C16H28N2O2S. The summed E-state index contributed by atoms with van der Waals surface area (Å²) in [5.41, 5.74) is 6.34. The van der Waals surface area contributed by atoms with Gasteiger partial charge in [-0.05, 0) is 29.5 Å². The third-order valence-corrected chi connectivity index (χ3v) is 5.04. The molecule has 0 aliphatic rings. The summed E-state index contributed by atoms with van der Waals surface area (Å²) < 4.78 is 27.4. The van der Waals surface area contributed by atoms with Gasteiger partial charge in [0, 0.05) is 13.1 Å². The number of nitrogens with two attached hydrogens (primary N) is 1. The maximum absolute atomic E-state index is 12.3. The zero-order valence-corrected chi connectivity index (χ0v) is 14.2. The van der Waals surface area contributed by atoms with Crippen LogP contribution in [0.25, 0.3) is 0 Å². The summed E-state index contributed by atoms with van der Waals surface area (Å²) in [6, 6.07) is 6.79. The van der Waals surface area contributed by atoms with Gasteiger partial charge in [0.15, 0.2) is 0 Å². The molecule has 1 aromatic rings. The molecular weight excluding hydrogens is 284 g/mol. The Hall–Kier alpha value is -0.910. The molecule has 0 aromatic heterocycles. The Morgan fingerprint density at radius 3 is 2.57 bits per heavy atom. The van der Waals surface area contributed by atoms with Crippen molar-refractivity contribution in [3.63, 3.8) is 0 Å². The van der Waals surface area contributed by atoms with Crippen LogP contribution < -0.4 is 10.5 Å². The van der Waals surface area contributed by atoms with Gasteiger partial charge in [0.25, 0.3) is 0 Å². The number of sulfonamides is 1. The summed E-state index contributed by atoms with van der Waals surface area (Å²) >= 11 is 0. The van der Waals surface area contributed by atoms with E-state index >= 15 is 0 Å². The van der Waals surface area contributed by atoms with Gasteiger partial charge < -0.3 is 5.73 Å². The van der Waals surface area contributed by atoms with Crippen molar-refractivity contribution in [1.82, 2.24) is 4.72 Å². The lowest BCUT2D eigenvalue weighted by atomic mass is 9.87. The van der Waals surface area contributed by atoms with Crippen molar-refractivity contribution >= 4 is 10.0 Å². The fraction of sp³-hybridized carbons (Fsp3) is 0.625. The van der Waals surface area contributed by atoms with Crippen molar-refractivity contribution < 1.29 is 8.42 Å². The zero-order valence-electron chi connectivity index (χ0n) is 13.4. The van der Waals surface area contributed by atoms with E-state index in [1.807, 2.05) is 6.07 Å². The lowest BCUT2D eigenvalue weighted by molar-refractivity contribution is 0.320. The molecule has 0 saturated carbocycles. The standard InChI is InChI=1S/C16H28N2O2S/c1-4-5-6-10-16(2,3)13-18-21(19,20)15-9-7-8-14(11-15)12-17/h7-9,11,18H,4-6,10,12-13,17H2,1-3H3. The number of benzene rings is 1. The van der Waals surface area contributed by atoms with Crippen molar-refractivity contribution in [2.45, 2.75) is 57.9 Å². The molecule has 0 amide bonds. The minimum Gasteiger partial charge on any atom is -0.326 e. The normalized spacial score (nSPS) is 12.6. The highest BCUT2D eigenvalue weighted by Crippen LogP contribution is 2.23. The number of unbranched alkanes of at least 4 members (excludes halogenated alkanes) is 2. The van der Waals surface area contributed by atoms with E-state index in [0.29, 0.717) is 13.1 Å². The van der Waals surface area contributed by atoms with Gasteiger partial charge in [0.05, 0.1) is 4.90 Å². The van der Waals surface area contributed by atoms with Gasteiger partial charge in [-0.25, -0.2) is 13.1 Å². The zero-order chi connectivity index (χ0) is 15.9. The number of hydrogen-bond donors (Lipinski definition) is 2. The molecule has 0 saturated heterocycles. The predicted octanol–water partition coefficient (Wildman–Crippen LogP) is 3.03. The van der Waals surface area contributed by atoms with Crippen LogP contribution in [0.1, 0.15) is 52.0 Å². The van der Waals surface area contributed by atoms with E-state index in [0.717, 1.165) is 18.4 Å². The summed E-state index contributed by atoms with van der Waals surface area (Å²) in [6.45, 7) is 7.15. The molecule has 1 rings (SSSR count). The first-order chi connectivity index (χ1) is 9.80. The Bertz CT molecular complexity index is 539. The van der Waals surface area contributed by atoms with Crippen LogP contribution in [-0.2, 0) is 16.6 Å². The van der Waals surface area contributed by atoms with Crippen LogP contribution in [0, 0.1) is 5.41 Å². The second kappa shape index (κ2) is 7.92.